The van der Waals surface area contributed by atoms with Gasteiger partial charge in [0.15, 0.2) is 5.96 Å². The Bertz CT molecular complexity index is 846. The van der Waals surface area contributed by atoms with Gasteiger partial charge in [0, 0.05) is 56.9 Å². The quantitative estimate of drug-likeness (QED) is 0.303. The van der Waals surface area contributed by atoms with Gasteiger partial charge in [0.2, 0.25) is 0 Å². The van der Waals surface area contributed by atoms with Crippen molar-refractivity contribution in [3.05, 3.63) is 53.2 Å². The molecule has 0 amide bonds. The normalized spacial score (nSPS) is 21.2. The van der Waals surface area contributed by atoms with Crippen LogP contribution in [0.15, 0.2) is 46.0 Å². The molecule has 1 aromatic heterocycles. The minimum Gasteiger partial charge on any atom is -0.469 e. The predicted molar refractivity (Wildman–Crippen MR) is 132 cm³/mol. The molecule has 1 aromatic carbocycles. The summed E-state index contributed by atoms with van der Waals surface area (Å²) in [6, 6.07) is 9.02. The lowest BCUT2D eigenvalue weighted by Gasteiger charge is -2.21. The van der Waals surface area contributed by atoms with Crippen LogP contribution in [0.5, 0.6) is 0 Å². The maximum Gasteiger partial charge on any atom is 0.191 e. The maximum absolute atomic E-state index is 13.5. The van der Waals surface area contributed by atoms with Crippen LogP contribution in [0.1, 0.15) is 18.6 Å². The van der Waals surface area contributed by atoms with E-state index in [9.17, 15) is 4.39 Å². The molecule has 2 atom stereocenters. The Morgan fingerprint density at radius 2 is 2.19 bits per heavy atom. The van der Waals surface area contributed by atoms with Crippen molar-refractivity contribution in [1.29, 1.82) is 0 Å². The van der Waals surface area contributed by atoms with E-state index >= 15 is 0 Å². The third-order valence-electron chi connectivity index (χ3n) is 5.57. The summed E-state index contributed by atoms with van der Waals surface area (Å²) in [6.07, 6.45) is 4.52. The van der Waals surface area contributed by atoms with Crippen LogP contribution in [-0.4, -0.2) is 51.4 Å². The number of guanidine groups is 1. The molecule has 0 spiro atoms. The Hall–Kier alpha value is -1.52. The largest absolute Gasteiger partial charge is 0.469 e. The average molecular weight is 563 g/mol. The summed E-state index contributed by atoms with van der Waals surface area (Å²) >= 11 is 5.95. The molecule has 2 aromatic rings. The predicted octanol–water partition coefficient (Wildman–Crippen LogP) is 4.08. The van der Waals surface area contributed by atoms with Crippen LogP contribution < -0.4 is 15.5 Å². The molecule has 31 heavy (non-hydrogen) atoms. The van der Waals surface area contributed by atoms with Crippen LogP contribution in [0.2, 0.25) is 5.02 Å². The van der Waals surface area contributed by atoms with Crippen molar-refractivity contribution in [1.82, 2.24) is 10.6 Å². The van der Waals surface area contributed by atoms with Gasteiger partial charge in [-0.1, -0.05) is 11.6 Å². The zero-order valence-corrected chi connectivity index (χ0v) is 20.4. The third-order valence-corrected chi connectivity index (χ3v) is 5.86. The van der Waals surface area contributed by atoms with Crippen molar-refractivity contribution >= 4 is 47.2 Å². The number of benzene rings is 1. The number of nitrogens with one attached hydrogen (secondary N) is 2. The summed E-state index contributed by atoms with van der Waals surface area (Å²) in [4.78, 5) is 7.02. The van der Waals surface area contributed by atoms with Gasteiger partial charge in [-0.2, -0.15) is 0 Å². The summed E-state index contributed by atoms with van der Waals surface area (Å²) in [5.74, 6) is 1.86. The molecule has 2 aliphatic rings. The van der Waals surface area contributed by atoms with E-state index in [2.05, 4.69) is 15.5 Å². The number of halogens is 3. The van der Waals surface area contributed by atoms with Gasteiger partial charge in [0.1, 0.15) is 11.6 Å². The maximum atomic E-state index is 13.5. The Kier molecular flexibility index (Phi) is 9.28. The lowest BCUT2D eigenvalue weighted by molar-refractivity contribution is 0.187. The van der Waals surface area contributed by atoms with Crippen LogP contribution in [0.4, 0.5) is 10.1 Å². The molecule has 2 unspecified atom stereocenters. The molecule has 2 fully saturated rings. The summed E-state index contributed by atoms with van der Waals surface area (Å²) in [7, 11) is 0. The number of hydrogen-bond donors (Lipinski definition) is 2. The Morgan fingerprint density at radius 1 is 1.29 bits per heavy atom. The van der Waals surface area contributed by atoms with Crippen molar-refractivity contribution < 1.29 is 13.5 Å². The number of anilines is 1. The summed E-state index contributed by atoms with van der Waals surface area (Å²) in [5.41, 5.74) is 0.943. The van der Waals surface area contributed by atoms with E-state index in [1.165, 1.54) is 6.07 Å². The lowest BCUT2D eigenvalue weighted by Crippen LogP contribution is -2.45. The van der Waals surface area contributed by atoms with Gasteiger partial charge in [-0.3, -0.25) is 4.99 Å². The monoisotopic (exact) mass is 562 g/mol. The van der Waals surface area contributed by atoms with Gasteiger partial charge in [0.05, 0.1) is 17.9 Å². The topological polar surface area (TPSA) is 62.0 Å². The molecule has 2 N–H and O–H groups in total. The molecule has 2 aliphatic heterocycles. The number of rotatable bonds is 7. The minimum absolute atomic E-state index is 0. The molecule has 9 heteroatoms. The lowest BCUT2D eigenvalue weighted by atomic mass is 10.1. The van der Waals surface area contributed by atoms with E-state index in [1.54, 1.807) is 18.4 Å². The van der Waals surface area contributed by atoms with E-state index in [4.69, 9.17) is 25.7 Å². The highest BCUT2D eigenvalue weighted by molar-refractivity contribution is 14.0. The minimum atomic E-state index is -0.389. The molecule has 0 radical (unpaired) electrons. The standard InChI is InChI=1S/C22H28ClFN4O2.HI/c23-20-12-18(3-4-21(20)24)28-9-6-17(14-28)27-22(26-13-16-7-11-29-15-16)25-8-5-19-2-1-10-30-19;/h1-4,10,12,16-17H,5-9,11,13-15H2,(H2,25,26,27);1H. The fraction of sp³-hybridized carbons (Fsp3) is 0.500. The van der Waals surface area contributed by atoms with E-state index in [0.29, 0.717) is 5.92 Å². The first-order chi connectivity index (χ1) is 14.7. The van der Waals surface area contributed by atoms with Gasteiger partial charge in [-0.05, 0) is 43.2 Å². The Labute approximate surface area is 204 Å². The van der Waals surface area contributed by atoms with Crippen molar-refractivity contribution in [2.75, 3.05) is 44.3 Å². The first-order valence-corrected chi connectivity index (χ1v) is 10.9. The molecule has 0 saturated carbocycles. The molecule has 0 bridgehead atoms. The Morgan fingerprint density at radius 3 is 2.94 bits per heavy atom. The molecule has 0 aliphatic carbocycles. The van der Waals surface area contributed by atoms with Crippen LogP contribution >= 0.6 is 35.6 Å². The van der Waals surface area contributed by atoms with Crippen molar-refractivity contribution in [3.63, 3.8) is 0 Å². The van der Waals surface area contributed by atoms with E-state index in [1.807, 2.05) is 12.1 Å². The highest BCUT2D eigenvalue weighted by Crippen LogP contribution is 2.25. The van der Waals surface area contributed by atoms with Gasteiger partial charge < -0.3 is 24.7 Å². The highest BCUT2D eigenvalue weighted by Gasteiger charge is 2.24. The van der Waals surface area contributed by atoms with Crippen molar-refractivity contribution in [2.45, 2.75) is 25.3 Å². The number of furan rings is 1. The molecule has 170 valence electrons. The smallest absolute Gasteiger partial charge is 0.191 e. The molecule has 3 heterocycles. The first-order valence-electron chi connectivity index (χ1n) is 10.5. The van der Waals surface area contributed by atoms with E-state index in [-0.39, 0.29) is 40.9 Å². The summed E-state index contributed by atoms with van der Waals surface area (Å²) < 4.78 is 24.3. The molecule has 6 nitrogen and oxygen atoms in total. The molecule has 2 saturated heterocycles. The van der Waals surface area contributed by atoms with E-state index < -0.39 is 0 Å². The number of hydrogen-bond acceptors (Lipinski definition) is 4. The van der Waals surface area contributed by atoms with Crippen molar-refractivity contribution in [2.24, 2.45) is 10.9 Å². The molecule has 4 rings (SSSR count). The van der Waals surface area contributed by atoms with Crippen LogP contribution in [0.25, 0.3) is 0 Å². The molecular weight excluding hydrogens is 534 g/mol. The first kappa shape index (κ1) is 24.1. The fourth-order valence-corrected chi connectivity index (χ4v) is 4.02. The third kappa shape index (κ3) is 6.98. The zero-order valence-electron chi connectivity index (χ0n) is 17.4. The van der Waals surface area contributed by atoms with Crippen LogP contribution in [0.3, 0.4) is 0 Å². The second-order valence-corrected chi connectivity index (χ2v) is 8.26. The van der Waals surface area contributed by atoms with Crippen LogP contribution in [0, 0.1) is 11.7 Å². The number of ether oxygens (including phenoxy) is 1. The Balaban J connectivity index is 0.00000272. The average Bonchev–Trinajstić information content (AvgIpc) is 3.51. The number of aliphatic imine (C=N–C) groups is 1. The van der Waals surface area contributed by atoms with Gasteiger partial charge >= 0.3 is 0 Å². The van der Waals surface area contributed by atoms with Gasteiger partial charge in [-0.25, -0.2) is 4.39 Å². The second-order valence-electron chi connectivity index (χ2n) is 7.85. The number of nitrogens with zero attached hydrogens (tertiary/aromatic N) is 2. The van der Waals surface area contributed by atoms with E-state index in [0.717, 1.165) is 76.1 Å². The summed E-state index contributed by atoms with van der Waals surface area (Å²) in [6.45, 7) is 4.80. The van der Waals surface area contributed by atoms with Gasteiger partial charge in [0.25, 0.3) is 0 Å². The molecular formula is C22H29ClFIN4O2. The zero-order chi connectivity index (χ0) is 20.8. The second kappa shape index (κ2) is 11.9. The van der Waals surface area contributed by atoms with Gasteiger partial charge in [-0.15, -0.1) is 24.0 Å². The van der Waals surface area contributed by atoms with Crippen LogP contribution in [-0.2, 0) is 11.2 Å². The fourth-order valence-electron chi connectivity index (χ4n) is 3.85. The summed E-state index contributed by atoms with van der Waals surface area (Å²) in [5, 5.41) is 7.15. The van der Waals surface area contributed by atoms with Crippen molar-refractivity contribution in [3.8, 4) is 0 Å². The highest BCUT2D eigenvalue weighted by atomic mass is 127. The SMILES string of the molecule is Fc1ccc(N2CCC(NC(=NCC3CCOC3)NCCc3ccco3)C2)cc1Cl.I.